The number of aromatic nitrogens is 2. The summed E-state index contributed by atoms with van der Waals surface area (Å²) in [6.07, 6.45) is 1.64. The van der Waals surface area contributed by atoms with Gasteiger partial charge in [0.05, 0.1) is 13.3 Å². The molecule has 0 spiro atoms. The van der Waals surface area contributed by atoms with Gasteiger partial charge in [0.2, 0.25) is 0 Å². The van der Waals surface area contributed by atoms with E-state index in [1.54, 1.807) is 30.1 Å². The summed E-state index contributed by atoms with van der Waals surface area (Å²) in [6.45, 7) is 0. The summed E-state index contributed by atoms with van der Waals surface area (Å²) in [5.74, 6) is 0.947. The van der Waals surface area contributed by atoms with Crippen LogP contribution in [0.3, 0.4) is 0 Å². The van der Waals surface area contributed by atoms with Gasteiger partial charge >= 0.3 is 0 Å². The molecule has 5 nitrogen and oxygen atoms in total. The van der Waals surface area contributed by atoms with Gasteiger partial charge in [-0.3, -0.25) is 4.68 Å². The van der Waals surface area contributed by atoms with Crippen molar-refractivity contribution in [1.82, 2.24) is 9.78 Å². The van der Waals surface area contributed by atoms with Gasteiger partial charge in [0.1, 0.15) is 5.82 Å². The number of ether oxygens (including phenoxy) is 1. The third-order valence-electron chi connectivity index (χ3n) is 2.54. The monoisotopic (exact) mass is 297 g/mol. The fourth-order valence-electron chi connectivity index (χ4n) is 1.64. The molecule has 0 unspecified atom stereocenters. The molecule has 0 saturated carbocycles. The van der Waals surface area contributed by atoms with Crippen LogP contribution in [0, 0.1) is 0 Å². The van der Waals surface area contributed by atoms with Crippen molar-refractivity contribution in [3.63, 3.8) is 0 Å². The van der Waals surface area contributed by atoms with Gasteiger partial charge in [-0.1, -0.05) is 15.9 Å². The number of phenolic OH excluding ortho intramolecular Hbond substituents is 1. The number of methoxy groups -OCH3 is 1. The van der Waals surface area contributed by atoms with Crippen LogP contribution in [0.25, 0.3) is 11.1 Å². The minimum absolute atomic E-state index is 0.0638. The second-order valence-corrected chi connectivity index (χ2v) is 4.40. The molecular weight excluding hydrogens is 286 g/mol. The zero-order chi connectivity index (χ0) is 12.6. The smallest absolute Gasteiger partial charge is 0.169 e. The highest BCUT2D eigenvalue weighted by Gasteiger charge is 2.18. The highest BCUT2D eigenvalue weighted by Crippen LogP contribution is 2.44. The highest BCUT2D eigenvalue weighted by molar-refractivity contribution is 9.10. The first-order chi connectivity index (χ1) is 8.06. The van der Waals surface area contributed by atoms with Crippen LogP contribution < -0.4 is 10.5 Å². The fraction of sp³-hybridized carbons (Fsp3) is 0.182. The molecule has 2 rings (SSSR count). The van der Waals surface area contributed by atoms with Gasteiger partial charge in [-0.15, -0.1) is 0 Å². The molecule has 6 heteroatoms. The number of nitrogen functional groups attached to an aromatic ring is 1. The molecule has 1 aromatic heterocycles. The summed E-state index contributed by atoms with van der Waals surface area (Å²) in [6, 6.07) is 3.29. The van der Waals surface area contributed by atoms with Gasteiger partial charge in [0, 0.05) is 22.6 Å². The molecule has 0 amide bonds. The maximum atomic E-state index is 9.76. The molecule has 0 aliphatic rings. The molecule has 0 aliphatic heterocycles. The number of aryl methyl sites for hydroxylation is 1. The molecule has 0 saturated heterocycles. The van der Waals surface area contributed by atoms with E-state index < -0.39 is 0 Å². The molecule has 3 N–H and O–H groups in total. The second-order valence-electron chi connectivity index (χ2n) is 3.54. The minimum atomic E-state index is 0.0638. The van der Waals surface area contributed by atoms with Crippen LogP contribution in [0.15, 0.2) is 22.8 Å². The molecule has 17 heavy (non-hydrogen) atoms. The van der Waals surface area contributed by atoms with Crippen molar-refractivity contribution in [2.45, 2.75) is 0 Å². The van der Waals surface area contributed by atoms with Crippen molar-refractivity contribution < 1.29 is 9.84 Å². The van der Waals surface area contributed by atoms with E-state index in [0.717, 1.165) is 4.47 Å². The average molecular weight is 298 g/mol. The van der Waals surface area contributed by atoms with Crippen molar-refractivity contribution in [3.8, 4) is 22.6 Å². The first-order valence-corrected chi connectivity index (χ1v) is 5.69. The summed E-state index contributed by atoms with van der Waals surface area (Å²) in [5, 5.41) is 13.8. The van der Waals surface area contributed by atoms with Crippen LogP contribution in [0.4, 0.5) is 5.82 Å². The van der Waals surface area contributed by atoms with Crippen molar-refractivity contribution in [2.24, 2.45) is 7.05 Å². The number of hydrogen-bond acceptors (Lipinski definition) is 4. The fourth-order valence-corrected chi connectivity index (χ4v) is 2.17. The quantitative estimate of drug-likeness (QED) is 0.891. The first-order valence-electron chi connectivity index (χ1n) is 4.89. The predicted molar refractivity (Wildman–Crippen MR) is 69.0 cm³/mol. The number of benzene rings is 1. The number of aromatic hydroxyl groups is 1. The van der Waals surface area contributed by atoms with E-state index in [-0.39, 0.29) is 5.75 Å². The lowest BCUT2D eigenvalue weighted by Gasteiger charge is -2.11. The van der Waals surface area contributed by atoms with E-state index in [1.807, 2.05) is 0 Å². The number of anilines is 1. The second kappa shape index (κ2) is 4.29. The van der Waals surface area contributed by atoms with Crippen LogP contribution in [-0.2, 0) is 7.05 Å². The zero-order valence-electron chi connectivity index (χ0n) is 9.44. The maximum absolute atomic E-state index is 9.76. The van der Waals surface area contributed by atoms with Crippen LogP contribution in [0.2, 0.25) is 0 Å². The highest BCUT2D eigenvalue weighted by atomic mass is 79.9. The Labute approximate surface area is 107 Å². The summed E-state index contributed by atoms with van der Waals surface area (Å²) in [4.78, 5) is 0. The minimum Gasteiger partial charge on any atom is -0.504 e. The van der Waals surface area contributed by atoms with Crippen LogP contribution in [-0.4, -0.2) is 22.0 Å². The summed E-state index contributed by atoms with van der Waals surface area (Å²) in [7, 11) is 3.25. The lowest BCUT2D eigenvalue weighted by molar-refractivity contribution is 0.375. The Morgan fingerprint density at radius 1 is 1.47 bits per heavy atom. The van der Waals surface area contributed by atoms with Gasteiger partial charge in [0.25, 0.3) is 0 Å². The van der Waals surface area contributed by atoms with Gasteiger partial charge in [-0.05, 0) is 12.1 Å². The zero-order valence-corrected chi connectivity index (χ0v) is 11.0. The molecule has 0 bridgehead atoms. The Bertz CT molecular complexity index is 566. The van der Waals surface area contributed by atoms with Crippen LogP contribution in [0.1, 0.15) is 0 Å². The Morgan fingerprint density at radius 3 is 2.71 bits per heavy atom. The molecule has 2 aromatic rings. The van der Waals surface area contributed by atoms with E-state index in [9.17, 15) is 5.11 Å². The number of nitrogens with zero attached hydrogens (tertiary/aromatic N) is 2. The van der Waals surface area contributed by atoms with Gasteiger partial charge in [0.15, 0.2) is 11.5 Å². The Balaban J connectivity index is 2.74. The topological polar surface area (TPSA) is 73.3 Å². The van der Waals surface area contributed by atoms with Crippen molar-refractivity contribution in [1.29, 1.82) is 0 Å². The normalized spacial score (nSPS) is 10.5. The molecule has 90 valence electrons. The van der Waals surface area contributed by atoms with Crippen molar-refractivity contribution in [2.75, 3.05) is 12.8 Å². The van der Waals surface area contributed by atoms with Gasteiger partial charge < -0.3 is 15.6 Å². The number of rotatable bonds is 2. The van der Waals surface area contributed by atoms with E-state index in [2.05, 4.69) is 21.0 Å². The van der Waals surface area contributed by atoms with Gasteiger partial charge in [-0.25, -0.2) is 0 Å². The van der Waals surface area contributed by atoms with E-state index in [1.165, 1.54) is 7.11 Å². The van der Waals surface area contributed by atoms with Crippen molar-refractivity contribution in [3.05, 3.63) is 22.8 Å². The van der Waals surface area contributed by atoms with E-state index in [4.69, 9.17) is 10.5 Å². The third kappa shape index (κ3) is 1.84. The number of nitrogens with two attached hydrogens (primary N) is 1. The van der Waals surface area contributed by atoms with Crippen LogP contribution >= 0.6 is 15.9 Å². The van der Waals surface area contributed by atoms with E-state index in [0.29, 0.717) is 22.7 Å². The maximum Gasteiger partial charge on any atom is 0.169 e. The van der Waals surface area contributed by atoms with E-state index >= 15 is 0 Å². The number of phenols is 1. The number of halogens is 1. The summed E-state index contributed by atoms with van der Waals surface area (Å²) in [5.41, 5.74) is 7.33. The Kier molecular flexibility index (Phi) is 2.97. The largest absolute Gasteiger partial charge is 0.504 e. The van der Waals surface area contributed by atoms with Gasteiger partial charge in [-0.2, -0.15) is 5.10 Å². The lowest BCUT2D eigenvalue weighted by Crippen LogP contribution is -1.99. The number of hydrogen-bond donors (Lipinski definition) is 2. The molecule has 0 radical (unpaired) electrons. The van der Waals surface area contributed by atoms with Crippen LogP contribution in [0.5, 0.6) is 11.5 Å². The molecule has 0 aliphatic carbocycles. The van der Waals surface area contributed by atoms with Crippen molar-refractivity contribution >= 4 is 21.7 Å². The Morgan fingerprint density at radius 2 is 2.18 bits per heavy atom. The Hall–Kier alpha value is -1.69. The molecular formula is C11H12BrN3O2. The average Bonchev–Trinajstić information content (AvgIpc) is 2.63. The molecule has 1 aromatic carbocycles. The molecule has 1 heterocycles. The third-order valence-corrected chi connectivity index (χ3v) is 3.20. The summed E-state index contributed by atoms with van der Waals surface area (Å²) < 4.78 is 7.55. The lowest BCUT2D eigenvalue weighted by atomic mass is 10.1. The SMILES string of the molecule is COc1c(O)ccc(Br)c1-c1cnn(C)c1N. The predicted octanol–water partition coefficient (Wildman–Crippen LogP) is 2.15. The first kappa shape index (κ1) is 11.8. The molecule has 0 fully saturated rings. The summed E-state index contributed by atoms with van der Waals surface area (Å²) >= 11 is 3.42. The standard InChI is InChI=1S/C11H12BrN3O2/c1-15-11(13)6(5-14-15)9-7(12)3-4-8(16)10(9)17-2/h3-5,16H,13H2,1-2H3. The molecule has 0 atom stereocenters.